The number of carbonyl (C=O) groups excluding carboxylic acids is 3. The second-order valence-electron chi connectivity index (χ2n) is 9.30. The Hall–Kier alpha value is -3.23. The van der Waals surface area contributed by atoms with Crippen LogP contribution < -0.4 is 10.2 Å². The predicted octanol–water partition coefficient (Wildman–Crippen LogP) is 3.77. The van der Waals surface area contributed by atoms with Gasteiger partial charge in [-0.3, -0.25) is 19.2 Å². The summed E-state index contributed by atoms with van der Waals surface area (Å²) in [6, 6.07) is 5.54. The molecule has 8 nitrogen and oxygen atoms in total. The minimum absolute atomic E-state index is 0.00871. The summed E-state index contributed by atoms with van der Waals surface area (Å²) in [6.07, 6.45) is 6.19. The van der Waals surface area contributed by atoms with Crippen molar-refractivity contribution in [2.75, 3.05) is 11.5 Å². The van der Waals surface area contributed by atoms with Gasteiger partial charge in [0.15, 0.2) is 5.69 Å². The van der Waals surface area contributed by atoms with Crippen molar-refractivity contribution in [3.05, 3.63) is 47.0 Å². The Bertz CT molecular complexity index is 1110. The van der Waals surface area contributed by atoms with Crippen molar-refractivity contribution in [3.8, 4) is 0 Å². The van der Waals surface area contributed by atoms with Crippen LogP contribution in [0.3, 0.4) is 0 Å². The average Bonchev–Trinajstić information content (AvgIpc) is 3.04. The molecule has 0 bridgehead atoms. The van der Waals surface area contributed by atoms with Gasteiger partial charge in [-0.15, -0.1) is 0 Å². The molecule has 2 aliphatic rings. The minimum Gasteiger partial charge on any atom is -0.461 e. The molecule has 1 fully saturated rings. The second-order valence-corrected chi connectivity index (χ2v) is 9.30. The van der Waals surface area contributed by atoms with Crippen molar-refractivity contribution in [1.29, 1.82) is 0 Å². The summed E-state index contributed by atoms with van der Waals surface area (Å²) in [5.41, 5.74) is -0.187. The highest BCUT2D eigenvalue weighted by atomic mass is 19.1. The minimum atomic E-state index is -1.34. The van der Waals surface area contributed by atoms with E-state index in [4.69, 9.17) is 4.74 Å². The molecule has 2 aromatic rings. The van der Waals surface area contributed by atoms with Gasteiger partial charge in [0.25, 0.3) is 5.91 Å². The third kappa shape index (κ3) is 4.43. The molecule has 1 aliphatic carbocycles. The Morgan fingerprint density at radius 3 is 2.56 bits per heavy atom. The molecular formula is C25H31FN4O4. The Balaban J connectivity index is 1.76. The van der Waals surface area contributed by atoms with Gasteiger partial charge < -0.3 is 10.1 Å². The van der Waals surface area contributed by atoms with E-state index in [-0.39, 0.29) is 36.5 Å². The van der Waals surface area contributed by atoms with Crippen LogP contribution in [0.1, 0.15) is 78.9 Å². The molecular weight excluding hydrogens is 439 g/mol. The number of nitrogens with zero attached hydrogens (tertiary/aromatic N) is 3. The highest BCUT2D eigenvalue weighted by Gasteiger charge is 2.50. The van der Waals surface area contributed by atoms with Gasteiger partial charge >= 0.3 is 5.97 Å². The maximum absolute atomic E-state index is 13.9. The number of aromatic nitrogens is 2. The van der Waals surface area contributed by atoms with Gasteiger partial charge in [-0.25, -0.2) is 9.18 Å². The molecule has 1 saturated carbocycles. The number of esters is 1. The van der Waals surface area contributed by atoms with Crippen LogP contribution in [0.15, 0.2) is 24.3 Å². The summed E-state index contributed by atoms with van der Waals surface area (Å²) in [5, 5.41) is 7.44. The Labute approximate surface area is 198 Å². The van der Waals surface area contributed by atoms with E-state index in [9.17, 15) is 18.8 Å². The SMILES string of the molecule is CCOC(=O)c1cc2n(n1)C[C@](C)(C(=O)NC1CCCCCC1)N(c1ccc(F)cc1C)C2=O. The van der Waals surface area contributed by atoms with E-state index in [2.05, 4.69) is 10.4 Å². The number of ether oxygens (including phenoxy) is 1. The maximum Gasteiger partial charge on any atom is 0.358 e. The molecule has 1 atom stereocenters. The monoisotopic (exact) mass is 470 g/mol. The molecule has 1 N–H and O–H groups in total. The van der Waals surface area contributed by atoms with Crippen LogP contribution in [0.4, 0.5) is 10.1 Å². The van der Waals surface area contributed by atoms with E-state index in [0.717, 1.165) is 38.5 Å². The number of benzene rings is 1. The number of hydrogen-bond donors (Lipinski definition) is 1. The zero-order chi connectivity index (χ0) is 24.5. The molecule has 2 amide bonds. The van der Waals surface area contributed by atoms with Crippen molar-refractivity contribution in [2.45, 2.75) is 77.4 Å². The van der Waals surface area contributed by atoms with Crippen molar-refractivity contribution in [3.63, 3.8) is 0 Å². The number of anilines is 1. The molecule has 182 valence electrons. The van der Waals surface area contributed by atoms with Crippen LogP contribution in [0.25, 0.3) is 0 Å². The van der Waals surface area contributed by atoms with E-state index in [1.54, 1.807) is 20.8 Å². The van der Waals surface area contributed by atoms with Gasteiger partial charge in [0.05, 0.1) is 13.2 Å². The molecule has 1 aromatic heterocycles. The first-order valence-corrected chi connectivity index (χ1v) is 11.9. The summed E-state index contributed by atoms with van der Waals surface area (Å²) >= 11 is 0. The molecule has 0 saturated heterocycles. The first kappa shape index (κ1) is 23.9. The van der Waals surface area contributed by atoms with Crippen molar-refractivity contribution < 1.29 is 23.5 Å². The lowest BCUT2D eigenvalue weighted by Gasteiger charge is -2.44. The molecule has 1 aromatic carbocycles. The second kappa shape index (κ2) is 9.56. The Morgan fingerprint density at radius 2 is 1.91 bits per heavy atom. The van der Waals surface area contributed by atoms with Crippen molar-refractivity contribution in [1.82, 2.24) is 15.1 Å². The highest BCUT2D eigenvalue weighted by Crippen LogP contribution is 2.35. The first-order valence-electron chi connectivity index (χ1n) is 11.9. The largest absolute Gasteiger partial charge is 0.461 e. The number of aryl methyl sites for hydroxylation is 1. The quantitative estimate of drug-likeness (QED) is 0.530. The van der Waals surface area contributed by atoms with Crippen LogP contribution in [0, 0.1) is 12.7 Å². The fourth-order valence-corrected chi connectivity index (χ4v) is 4.90. The fraction of sp³-hybridized carbons (Fsp3) is 0.520. The number of rotatable bonds is 5. The number of fused-ring (bicyclic) bond motifs is 1. The number of nitrogens with one attached hydrogen (secondary N) is 1. The highest BCUT2D eigenvalue weighted by molar-refractivity contribution is 6.12. The van der Waals surface area contributed by atoms with Gasteiger partial charge in [-0.1, -0.05) is 25.7 Å². The van der Waals surface area contributed by atoms with E-state index in [1.807, 2.05) is 0 Å². The van der Waals surface area contributed by atoms with Crippen molar-refractivity contribution in [2.24, 2.45) is 0 Å². The van der Waals surface area contributed by atoms with Gasteiger partial charge in [0, 0.05) is 17.8 Å². The van der Waals surface area contributed by atoms with Crippen LogP contribution in [0.2, 0.25) is 0 Å². The van der Waals surface area contributed by atoms with Crippen LogP contribution >= 0.6 is 0 Å². The number of halogens is 1. The lowest BCUT2D eigenvalue weighted by Crippen LogP contribution is -2.65. The number of hydrogen-bond acceptors (Lipinski definition) is 5. The van der Waals surface area contributed by atoms with E-state index in [1.165, 1.54) is 33.8 Å². The van der Waals surface area contributed by atoms with E-state index < -0.39 is 23.2 Å². The van der Waals surface area contributed by atoms with Crippen LogP contribution in [-0.4, -0.2) is 45.8 Å². The Morgan fingerprint density at radius 1 is 1.21 bits per heavy atom. The molecule has 4 rings (SSSR count). The van der Waals surface area contributed by atoms with Crippen LogP contribution in [0.5, 0.6) is 0 Å². The number of amides is 2. The smallest absolute Gasteiger partial charge is 0.358 e. The maximum atomic E-state index is 13.9. The molecule has 0 spiro atoms. The zero-order valence-electron chi connectivity index (χ0n) is 19.9. The number of carbonyl (C=O) groups is 3. The van der Waals surface area contributed by atoms with Gasteiger partial charge in [0.2, 0.25) is 5.91 Å². The molecule has 34 heavy (non-hydrogen) atoms. The predicted molar refractivity (Wildman–Crippen MR) is 124 cm³/mol. The lowest BCUT2D eigenvalue weighted by molar-refractivity contribution is -0.127. The molecule has 0 unspecified atom stereocenters. The topological polar surface area (TPSA) is 93.5 Å². The lowest BCUT2D eigenvalue weighted by atomic mass is 9.92. The summed E-state index contributed by atoms with van der Waals surface area (Å²) in [4.78, 5) is 41.2. The normalized spacial score (nSPS) is 21.1. The molecule has 1 aliphatic heterocycles. The third-order valence-corrected chi connectivity index (χ3v) is 6.72. The zero-order valence-corrected chi connectivity index (χ0v) is 19.9. The third-order valence-electron chi connectivity index (χ3n) is 6.72. The summed E-state index contributed by atoms with van der Waals surface area (Å²) < 4.78 is 20.3. The summed E-state index contributed by atoms with van der Waals surface area (Å²) in [6.45, 7) is 5.30. The summed E-state index contributed by atoms with van der Waals surface area (Å²) in [7, 11) is 0. The van der Waals surface area contributed by atoms with E-state index >= 15 is 0 Å². The van der Waals surface area contributed by atoms with Gasteiger partial charge in [-0.2, -0.15) is 5.10 Å². The standard InChI is InChI=1S/C25H31FN4O4/c1-4-34-23(32)19-14-21-22(31)30(20-12-11-17(26)13-16(20)2)25(3,15-29(21)28-19)24(33)27-18-9-7-5-6-8-10-18/h11-14,18H,4-10,15H2,1-3H3,(H,27,33)/t25-/m1/s1. The molecule has 0 radical (unpaired) electrons. The molecule has 9 heteroatoms. The Kier molecular flexibility index (Phi) is 6.72. The van der Waals surface area contributed by atoms with E-state index in [0.29, 0.717) is 11.3 Å². The van der Waals surface area contributed by atoms with Crippen molar-refractivity contribution >= 4 is 23.5 Å². The van der Waals surface area contributed by atoms with Gasteiger partial charge in [-0.05, 0) is 57.4 Å². The van der Waals surface area contributed by atoms with Gasteiger partial charge in [0.1, 0.15) is 17.1 Å². The first-order chi connectivity index (χ1) is 16.2. The fourth-order valence-electron chi connectivity index (χ4n) is 4.90. The molecule has 2 heterocycles. The average molecular weight is 471 g/mol. The summed E-state index contributed by atoms with van der Waals surface area (Å²) in [5.74, 6) is -1.84. The van der Waals surface area contributed by atoms with Crippen LogP contribution in [-0.2, 0) is 16.1 Å².